The smallest absolute Gasteiger partial charge is 0.321 e. The molecule has 0 radical (unpaired) electrons. The maximum atomic E-state index is 12.3. The van der Waals surface area contributed by atoms with Gasteiger partial charge in [0.15, 0.2) is 0 Å². The Kier molecular flexibility index (Phi) is 6.02. The fourth-order valence-corrected chi connectivity index (χ4v) is 3.56. The zero-order valence-corrected chi connectivity index (χ0v) is 15.8. The SMILES string of the molecule is CC(C)(C)NC(=O)NC(=O)CCN1C(=O)S/C(=C/c2cccs2)C1=O. The quantitative estimate of drug-likeness (QED) is 0.782. The van der Waals surface area contributed by atoms with Crippen LogP contribution in [0.2, 0.25) is 0 Å². The number of thiophene rings is 1. The van der Waals surface area contributed by atoms with Crippen LogP contribution < -0.4 is 10.6 Å². The summed E-state index contributed by atoms with van der Waals surface area (Å²) < 4.78 is 0. The summed E-state index contributed by atoms with van der Waals surface area (Å²) in [6.07, 6.45) is 1.52. The average Bonchev–Trinajstić information content (AvgIpc) is 3.05. The Morgan fingerprint density at radius 3 is 2.60 bits per heavy atom. The monoisotopic (exact) mass is 381 g/mol. The molecular weight excluding hydrogens is 362 g/mol. The highest BCUT2D eigenvalue weighted by Gasteiger charge is 2.35. The molecule has 0 atom stereocenters. The maximum absolute atomic E-state index is 12.3. The van der Waals surface area contributed by atoms with Crippen molar-refractivity contribution in [1.29, 1.82) is 0 Å². The molecule has 0 spiro atoms. The molecule has 7 nitrogen and oxygen atoms in total. The second-order valence-electron chi connectivity index (χ2n) is 6.35. The lowest BCUT2D eigenvalue weighted by atomic mass is 10.1. The molecule has 0 aliphatic carbocycles. The molecule has 25 heavy (non-hydrogen) atoms. The number of hydrogen-bond acceptors (Lipinski definition) is 6. The van der Waals surface area contributed by atoms with Crippen LogP contribution in [0.3, 0.4) is 0 Å². The number of nitrogens with one attached hydrogen (secondary N) is 2. The van der Waals surface area contributed by atoms with Crippen LogP contribution in [0.4, 0.5) is 9.59 Å². The van der Waals surface area contributed by atoms with Gasteiger partial charge in [0.05, 0.1) is 4.91 Å². The molecule has 1 aromatic heterocycles. The number of urea groups is 1. The summed E-state index contributed by atoms with van der Waals surface area (Å²) in [6.45, 7) is 5.30. The van der Waals surface area contributed by atoms with Crippen molar-refractivity contribution in [3.8, 4) is 0 Å². The van der Waals surface area contributed by atoms with Crippen LogP contribution in [0.15, 0.2) is 22.4 Å². The van der Waals surface area contributed by atoms with E-state index in [-0.39, 0.29) is 13.0 Å². The summed E-state index contributed by atoms with van der Waals surface area (Å²) in [4.78, 5) is 49.9. The predicted octanol–water partition coefficient (Wildman–Crippen LogP) is 2.80. The Labute approximate surface area is 153 Å². The molecule has 1 aliphatic rings. The van der Waals surface area contributed by atoms with E-state index in [1.165, 1.54) is 11.3 Å². The first-order valence-corrected chi connectivity index (χ1v) is 9.26. The molecular formula is C16H19N3O4S2. The van der Waals surface area contributed by atoms with E-state index in [1.54, 1.807) is 26.8 Å². The fraction of sp³-hybridized carbons (Fsp3) is 0.375. The summed E-state index contributed by atoms with van der Waals surface area (Å²) in [5.74, 6) is -0.974. The van der Waals surface area contributed by atoms with Crippen LogP contribution in [0.25, 0.3) is 6.08 Å². The number of rotatable bonds is 4. The Morgan fingerprint density at radius 2 is 2.00 bits per heavy atom. The van der Waals surface area contributed by atoms with Crippen LogP contribution in [0.5, 0.6) is 0 Å². The molecule has 1 aromatic rings. The minimum atomic E-state index is -0.607. The van der Waals surface area contributed by atoms with Gasteiger partial charge in [0, 0.05) is 23.4 Å². The molecule has 5 amide bonds. The maximum Gasteiger partial charge on any atom is 0.321 e. The van der Waals surface area contributed by atoms with Gasteiger partial charge in [0.25, 0.3) is 11.1 Å². The molecule has 2 rings (SSSR count). The second-order valence-corrected chi connectivity index (χ2v) is 8.32. The Bertz CT molecular complexity index is 720. The van der Waals surface area contributed by atoms with Crippen LogP contribution in [0, 0.1) is 0 Å². The van der Waals surface area contributed by atoms with Gasteiger partial charge in [-0.25, -0.2) is 4.79 Å². The molecule has 0 unspecified atom stereocenters. The van der Waals surface area contributed by atoms with E-state index in [9.17, 15) is 19.2 Å². The normalized spacial score (nSPS) is 16.4. The second kappa shape index (κ2) is 7.83. The van der Waals surface area contributed by atoms with Gasteiger partial charge >= 0.3 is 6.03 Å². The van der Waals surface area contributed by atoms with Gasteiger partial charge in [-0.2, -0.15) is 0 Å². The molecule has 1 saturated heterocycles. The van der Waals surface area contributed by atoms with Gasteiger partial charge in [-0.3, -0.25) is 24.6 Å². The number of nitrogens with zero attached hydrogens (tertiary/aromatic N) is 1. The summed E-state index contributed by atoms with van der Waals surface area (Å²) in [6, 6.07) is 3.09. The third-order valence-electron chi connectivity index (χ3n) is 2.99. The molecule has 2 N–H and O–H groups in total. The summed E-state index contributed by atoms with van der Waals surface area (Å²) in [5, 5.41) is 6.24. The molecule has 0 saturated carbocycles. The lowest BCUT2D eigenvalue weighted by Gasteiger charge is -2.20. The first-order chi connectivity index (χ1) is 11.7. The molecule has 134 valence electrons. The van der Waals surface area contributed by atoms with Crippen molar-refractivity contribution >= 4 is 52.3 Å². The fourth-order valence-electron chi connectivity index (χ4n) is 1.97. The van der Waals surface area contributed by atoms with Gasteiger partial charge in [-0.15, -0.1) is 11.3 Å². The number of carbonyl (C=O) groups excluding carboxylic acids is 4. The summed E-state index contributed by atoms with van der Waals surface area (Å²) in [5.41, 5.74) is -0.469. The van der Waals surface area contributed by atoms with Gasteiger partial charge in [-0.05, 0) is 50.1 Å². The highest BCUT2D eigenvalue weighted by atomic mass is 32.2. The van der Waals surface area contributed by atoms with Crippen LogP contribution in [-0.2, 0) is 9.59 Å². The van der Waals surface area contributed by atoms with Gasteiger partial charge in [0.2, 0.25) is 5.91 Å². The van der Waals surface area contributed by atoms with Crippen LogP contribution in [-0.4, -0.2) is 40.1 Å². The Balaban J connectivity index is 1.88. The Morgan fingerprint density at radius 1 is 1.28 bits per heavy atom. The van der Waals surface area contributed by atoms with Crippen molar-refractivity contribution in [3.05, 3.63) is 27.3 Å². The van der Waals surface area contributed by atoms with Crippen molar-refractivity contribution in [2.45, 2.75) is 32.7 Å². The van der Waals surface area contributed by atoms with Gasteiger partial charge in [0.1, 0.15) is 0 Å². The summed E-state index contributed by atoms with van der Waals surface area (Å²) in [7, 11) is 0. The third-order valence-corrected chi connectivity index (χ3v) is 4.72. The first-order valence-electron chi connectivity index (χ1n) is 7.56. The van der Waals surface area contributed by atoms with Gasteiger partial charge < -0.3 is 5.32 Å². The van der Waals surface area contributed by atoms with E-state index in [0.717, 1.165) is 21.5 Å². The van der Waals surface area contributed by atoms with Crippen molar-refractivity contribution in [3.63, 3.8) is 0 Å². The number of carbonyl (C=O) groups is 4. The minimum Gasteiger partial charge on any atom is -0.333 e. The summed E-state index contributed by atoms with van der Waals surface area (Å²) >= 11 is 2.31. The molecule has 0 aromatic carbocycles. The molecule has 2 heterocycles. The number of hydrogen-bond donors (Lipinski definition) is 2. The van der Waals surface area contributed by atoms with Crippen molar-refractivity contribution in [1.82, 2.24) is 15.5 Å². The lowest BCUT2D eigenvalue weighted by molar-refractivity contribution is -0.123. The van der Waals surface area contributed by atoms with Crippen molar-refractivity contribution in [2.24, 2.45) is 0 Å². The largest absolute Gasteiger partial charge is 0.333 e. The van der Waals surface area contributed by atoms with E-state index in [0.29, 0.717) is 4.91 Å². The number of amides is 5. The van der Waals surface area contributed by atoms with E-state index in [2.05, 4.69) is 10.6 Å². The van der Waals surface area contributed by atoms with Crippen LogP contribution >= 0.6 is 23.1 Å². The minimum absolute atomic E-state index is 0.0684. The third kappa shape index (κ3) is 5.71. The number of thioether (sulfide) groups is 1. The predicted molar refractivity (Wildman–Crippen MR) is 98.0 cm³/mol. The molecule has 1 aliphatic heterocycles. The Hall–Kier alpha value is -2.13. The van der Waals surface area contributed by atoms with E-state index >= 15 is 0 Å². The van der Waals surface area contributed by atoms with E-state index in [1.807, 2.05) is 17.5 Å². The molecule has 9 heteroatoms. The standard InChI is InChI=1S/C16H19N3O4S2/c1-16(2,3)18-14(22)17-12(20)6-7-19-13(21)11(25-15(19)23)9-10-5-4-8-24-10/h4-5,8-9H,6-7H2,1-3H3,(H2,17,18,20,22)/b11-9+. The van der Waals surface area contributed by atoms with Crippen LogP contribution in [0.1, 0.15) is 32.1 Å². The zero-order chi connectivity index (χ0) is 18.6. The molecule has 0 bridgehead atoms. The highest BCUT2D eigenvalue weighted by Crippen LogP contribution is 2.32. The number of imide groups is 2. The molecule has 1 fully saturated rings. The van der Waals surface area contributed by atoms with E-state index < -0.39 is 28.6 Å². The average molecular weight is 381 g/mol. The topological polar surface area (TPSA) is 95.6 Å². The first kappa shape index (κ1) is 19.2. The van der Waals surface area contributed by atoms with Crippen molar-refractivity contribution in [2.75, 3.05) is 6.54 Å². The lowest BCUT2D eigenvalue weighted by Crippen LogP contribution is -2.48. The van der Waals surface area contributed by atoms with Gasteiger partial charge in [-0.1, -0.05) is 6.07 Å². The highest BCUT2D eigenvalue weighted by molar-refractivity contribution is 8.18. The van der Waals surface area contributed by atoms with E-state index in [4.69, 9.17) is 0 Å². The van der Waals surface area contributed by atoms with Crippen molar-refractivity contribution < 1.29 is 19.2 Å². The zero-order valence-electron chi connectivity index (χ0n) is 14.1.